The summed E-state index contributed by atoms with van der Waals surface area (Å²) in [5.41, 5.74) is 0.420. The van der Waals surface area contributed by atoms with Gasteiger partial charge in [-0.1, -0.05) is 19.0 Å². The van der Waals surface area contributed by atoms with Crippen LogP contribution in [0, 0.1) is 5.92 Å². The Morgan fingerprint density at radius 2 is 2.19 bits per heavy atom. The molecule has 0 spiro atoms. The zero-order chi connectivity index (χ0) is 15.4. The van der Waals surface area contributed by atoms with E-state index in [0.29, 0.717) is 36.5 Å². The van der Waals surface area contributed by atoms with Crippen molar-refractivity contribution >= 4 is 5.78 Å². The van der Waals surface area contributed by atoms with Crippen LogP contribution in [-0.2, 0) is 11.3 Å². The fraction of sp³-hybridized carbons (Fsp3) is 0.571. The predicted molar refractivity (Wildman–Crippen MR) is 74.8 cm³/mol. The molecule has 0 saturated carbocycles. The van der Waals surface area contributed by atoms with Gasteiger partial charge in [-0.15, -0.1) is 0 Å². The van der Waals surface area contributed by atoms with Gasteiger partial charge in [0.05, 0.1) is 0 Å². The molecular weight excluding hydrogens is 272 g/mol. The Hall–Kier alpha value is -2.02. The smallest absolute Gasteiger partial charge is 0.248 e. The van der Waals surface area contributed by atoms with Gasteiger partial charge in [-0.05, 0) is 18.9 Å². The highest BCUT2D eigenvalue weighted by atomic mass is 16.5. The van der Waals surface area contributed by atoms with Crippen molar-refractivity contribution in [1.29, 1.82) is 0 Å². The molecule has 0 saturated heterocycles. The summed E-state index contributed by atoms with van der Waals surface area (Å²) < 4.78 is 12.4. The molecule has 0 N–H and O–H groups in total. The van der Waals surface area contributed by atoms with E-state index in [-0.39, 0.29) is 11.9 Å². The van der Waals surface area contributed by atoms with Crippen LogP contribution in [0.25, 0.3) is 0 Å². The molecule has 2 rings (SSSR count). The second kappa shape index (κ2) is 6.62. The normalized spacial score (nSPS) is 12.8. The summed E-state index contributed by atoms with van der Waals surface area (Å²) in [6.45, 7) is 8.50. The average Bonchev–Trinajstić information content (AvgIpc) is 3.05. The van der Waals surface area contributed by atoms with Crippen LogP contribution in [0.3, 0.4) is 0 Å². The lowest BCUT2D eigenvalue weighted by Crippen LogP contribution is -2.08. The molecule has 0 unspecified atom stereocenters. The highest BCUT2D eigenvalue weighted by Crippen LogP contribution is 2.14. The Morgan fingerprint density at radius 3 is 2.81 bits per heavy atom. The minimum Gasteiger partial charge on any atom is -0.370 e. The second-order valence-electron chi connectivity index (χ2n) is 5.37. The number of hydrogen-bond donors (Lipinski definition) is 0. The Kier molecular flexibility index (Phi) is 4.85. The number of nitrogens with zero attached hydrogens (tertiary/aromatic N) is 4. The van der Waals surface area contributed by atoms with Gasteiger partial charge in [-0.25, -0.2) is 0 Å². The summed E-state index contributed by atoms with van der Waals surface area (Å²) >= 11 is 0. The first-order valence-electron chi connectivity index (χ1n) is 6.94. The fourth-order valence-corrected chi connectivity index (χ4v) is 1.68. The van der Waals surface area contributed by atoms with Crippen LogP contribution < -0.4 is 0 Å². The van der Waals surface area contributed by atoms with Crippen LogP contribution >= 0.6 is 0 Å². The molecule has 2 heterocycles. The van der Waals surface area contributed by atoms with Crippen LogP contribution in [-0.4, -0.2) is 32.3 Å². The lowest BCUT2D eigenvalue weighted by atomic mass is 10.2. The number of carbonyl (C=O) groups is 1. The van der Waals surface area contributed by atoms with Crippen LogP contribution in [0.15, 0.2) is 16.8 Å². The van der Waals surface area contributed by atoms with Gasteiger partial charge in [-0.3, -0.25) is 9.48 Å². The molecule has 0 bridgehead atoms. The van der Waals surface area contributed by atoms with Gasteiger partial charge in [0.15, 0.2) is 11.6 Å². The van der Waals surface area contributed by atoms with Crippen molar-refractivity contribution in [1.82, 2.24) is 19.9 Å². The van der Waals surface area contributed by atoms with Crippen molar-refractivity contribution in [3.8, 4) is 0 Å². The molecule has 2 aromatic rings. The number of hydrogen-bond acceptors (Lipinski definition) is 6. The molecule has 7 nitrogen and oxygen atoms in total. The monoisotopic (exact) mass is 292 g/mol. The molecule has 0 fully saturated rings. The van der Waals surface area contributed by atoms with Crippen LogP contribution in [0.4, 0.5) is 0 Å². The Bertz CT molecular complexity index is 603. The van der Waals surface area contributed by atoms with E-state index in [1.54, 1.807) is 16.9 Å². The molecule has 1 atom stereocenters. The van der Waals surface area contributed by atoms with Crippen molar-refractivity contribution in [3.63, 3.8) is 0 Å². The summed E-state index contributed by atoms with van der Waals surface area (Å²) in [6.07, 6.45) is 1.49. The Labute approximate surface area is 123 Å². The number of carbonyl (C=O) groups excluding carboxylic acids is 1. The Balaban J connectivity index is 1.97. The number of Topliss-reactive ketones (excluding diaryl/α,β-unsaturated/α-hetero) is 1. The van der Waals surface area contributed by atoms with Crippen LogP contribution in [0.2, 0.25) is 0 Å². The number of ether oxygens (including phenoxy) is 1. The van der Waals surface area contributed by atoms with Crippen LogP contribution in [0.1, 0.15) is 56.0 Å². The maximum absolute atomic E-state index is 11.2. The topological polar surface area (TPSA) is 83.0 Å². The molecule has 7 heteroatoms. The molecular formula is C14H20N4O3. The second-order valence-corrected chi connectivity index (χ2v) is 5.37. The minimum absolute atomic E-state index is 0.0734. The van der Waals surface area contributed by atoms with E-state index < -0.39 is 0 Å². The number of ketones is 1. The molecule has 0 radical (unpaired) electrons. The lowest BCUT2D eigenvalue weighted by Gasteiger charge is -2.10. The third-order valence-electron chi connectivity index (χ3n) is 2.83. The van der Waals surface area contributed by atoms with E-state index in [1.807, 2.05) is 6.92 Å². The number of aromatic nitrogens is 4. The summed E-state index contributed by atoms with van der Waals surface area (Å²) in [5.74, 6) is 1.33. The lowest BCUT2D eigenvalue weighted by molar-refractivity contribution is 0.0402. The van der Waals surface area contributed by atoms with E-state index >= 15 is 0 Å². The molecule has 0 aromatic carbocycles. The van der Waals surface area contributed by atoms with Crippen molar-refractivity contribution in [3.05, 3.63) is 29.7 Å². The number of rotatable bonds is 7. The molecule has 0 aliphatic rings. The molecule has 114 valence electrons. The van der Waals surface area contributed by atoms with Crippen molar-refractivity contribution in [2.75, 3.05) is 6.61 Å². The molecule has 2 aromatic heterocycles. The van der Waals surface area contributed by atoms with Gasteiger partial charge in [0, 0.05) is 19.7 Å². The summed E-state index contributed by atoms with van der Waals surface area (Å²) in [6, 6.07) is 1.66. The highest BCUT2D eigenvalue weighted by Gasteiger charge is 2.15. The maximum atomic E-state index is 11.2. The predicted octanol–water partition coefficient (Wildman–Crippen LogP) is 2.25. The summed E-state index contributed by atoms with van der Waals surface area (Å²) in [7, 11) is 0. The average molecular weight is 292 g/mol. The van der Waals surface area contributed by atoms with E-state index in [9.17, 15) is 4.79 Å². The SMILES string of the molecule is CC(=O)c1ccn(Cc2nc([C@H](C)OCC(C)C)no2)n1. The maximum Gasteiger partial charge on any atom is 0.248 e. The summed E-state index contributed by atoms with van der Waals surface area (Å²) in [4.78, 5) is 15.5. The summed E-state index contributed by atoms with van der Waals surface area (Å²) in [5, 5.41) is 8.04. The first-order valence-corrected chi connectivity index (χ1v) is 6.94. The first kappa shape index (κ1) is 15.4. The fourth-order valence-electron chi connectivity index (χ4n) is 1.68. The van der Waals surface area contributed by atoms with Crippen molar-refractivity contribution in [2.45, 2.75) is 40.3 Å². The highest BCUT2D eigenvalue weighted by molar-refractivity contribution is 5.91. The zero-order valence-electron chi connectivity index (χ0n) is 12.7. The van der Waals surface area contributed by atoms with Gasteiger partial charge < -0.3 is 9.26 Å². The molecule has 0 aliphatic heterocycles. The third-order valence-corrected chi connectivity index (χ3v) is 2.83. The third kappa shape index (κ3) is 4.22. The van der Waals surface area contributed by atoms with Gasteiger partial charge in [0.2, 0.25) is 5.89 Å². The van der Waals surface area contributed by atoms with Gasteiger partial charge in [0.1, 0.15) is 18.3 Å². The van der Waals surface area contributed by atoms with E-state index in [0.717, 1.165) is 0 Å². The van der Waals surface area contributed by atoms with Gasteiger partial charge >= 0.3 is 0 Å². The van der Waals surface area contributed by atoms with Gasteiger partial charge in [-0.2, -0.15) is 10.1 Å². The largest absolute Gasteiger partial charge is 0.370 e. The molecule has 0 amide bonds. The van der Waals surface area contributed by atoms with E-state index in [1.165, 1.54) is 6.92 Å². The van der Waals surface area contributed by atoms with Crippen LogP contribution in [0.5, 0.6) is 0 Å². The quantitative estimate of drug-likeness (QED) is 0.728. The van der Waals surface area contributed by atoms with Crippen molar-refractivity contribution in [2.24, 2.45) is 5.92 Å². The standard InChI is InChI=1S/C14H20N4O3/c1-9(2)8-20-11(4)14-15-13(21-17-14)7-18-6-5-12(16-18)10(3)19/h5-6,9,11H,7-8H2,1-4H3/t11-/m0/s1. The van der Waals surface area contributed by atoms with Crippen molar-refractivity contribution < 1.29 is 14.1 Å². The molecule has 0 aliphatic carbocycles. The van der Waals surface area contributed by atoms with E-state index in [2.05, 4.69) is 29.1 Å². The van der Waals surface area contributed by atoms with Gasteiger partial charge in [0.25, 0.3) is 0 Å². The minimum atomic E-state index is -0.213. The first-order chi connectivity index (χ1) is 9.95. The Morgan fingerprint density at radius 1 is 1.43 bits per heavy atom. The molecule has 21 heavy (non-hydrogen) atoms. The van der Waals surface area contributed by atoms with E-state index in [4.69, 9.17) is 9.26 Å². The zero-order valence-corrected chi connectivity index (χ0v) is 12.7.